The van der Waals surface area contributed by atoms with Crippen LogP contribution in [0.1, 0.15) is 30.4 Å². The number of hydrogen-bond donors (Lipinski definition) is 1. The van der Waals surface area contributed by atoms with Crippen LogP contribution in [0, 0.1) is 0 Å². The lowest BCUT2D eigenvalue weighted by molar-refractivity contribution is 0.0593. The molecule has 1 N–H and O–H groups in total. The van der Waals surface area contributed by atoms with Gasteiger partial charge in [0.1, 0.15) is 5.82 Å². The first kappa shape index (κ1) is 13.0. The maximum absolute atomic E-state index is 11.2. The second-order valence-corrected chi connectivity index (χ2v) is 4.21. The summed E-state index contributed by atoms with van der Waals surface area (Å²) in [6, 6.07) is 0.295. The van der Waals surface area contributed by atoms with Crippen LogP contribution in [0.2, 0.25) is 0 Å². The molecular formula is C12H15N5O2. The molecule has 0 aliphatic rings. The fourth-order valence-corrected chi connectivity index (χ4v) is 1.44. The Morgan fingerprint density at radius 1 is 1.32 bits per heavy atom. The molecule has 0 radical (unpaired) electrons. The maximum atomic E-state index is 11.2. The van der Waals surface area contributed by atoms with E-state index in [-0.39, 0.29) is 5.69 Å². The van der Waals surface area contributed by atoms with Gasteiger partial charge in [-0.15, -0.1) is 0 Å². The lowest BCUT2D eigenvalue weighted by atomic mass is 10.4. The van der Waals surface area contributed by atoms with Crippen LogP contribution in [-0.4, -0.2) is 32.8 Å². The van der Waals surface area contributed by atoms with Gasteiger partial charge in [-0.25, -0.2) is 14.8 Å². The van der Waals surface area contributed by atoms with Gasteiger partial charge >= 0.3 is 5.97 Å². The Kier molecular flexibility index (Phi) is 3.74. The molecule has 2 rings (SSSR count). The molecule has 2 aromatic heterocycles. The zero-order chi connectivity index (χ0) is 13.8. The highest BCUT2D eigenvalue weighted by Crippen LogP contribution is 2.14. The van der Waals surface area contributed by atoms with Crippen LogP contribution in [0.15, 0.2) is 24.8 Å². The Morgan fingerprint density at radius 3 is 2.63 bits per heavy atom. The number of nitrogens with one attached hydrogen (secondary N) is 1. The van der Waals surface area contributed by atoms with Gasteiger partial charge < -0.3 is 10.1 Å². The van der Waals surface area contributed by atoms with Crippen LogP contribution >= 0.6 is 0 Å². The Hall–Kier alpha value is -2.44. The maximum Gasteiger partial charge on any atom is 0.358 e. The van der Waals surface area contributed by atoms with Gasteiger partial charge in [0, 0.05) is 12.2 Å². The van der Waals surface area contributed by atoms with E-state index in [1.165, 1.54) is 19.5 Å². The van der Waals surface area contributed by atoms with Gasteiger partial charge in [-0.05, 0) is 13.8 Å². The quantitative estimate of drug-likeness (QED) is 0.845. The average Bonchev–Trinajstić information content (AvgIpc) is 2.87. The van der Waals surface area contributed by atoms with Gasteiger partial charge in [-0.1, -0.05) is 0 Å². The summed E-state index contributed by atoms with van der Waals surface area (Å²) in [7, 11) is 1.30. The topological polar surface area (TPSA) is 81.9 Å². The third-order valence-electron chi connectivity index (χ3n) is 2.45. The average molecular weight is 261 g/mol. The standard InChI is InChI=1S/C12H15N5O2/c1-8(2)17-7-9(4-15-17)16-11-6-13-10(5-14-11)12(18)19-3/h4-8H,1-3H3,(H,14,16). The van der Waals surface area contributed by atoms with Crippen molar-refractivity contribution in [2.75, 3.05) is 12.4 Å². The molecule has 2 heterocycles. The van der Waals surface area contributed by atoms with E-state index in [4.69, 9.17) is 0 Å². The van der Waals surface area contributed by atoms with E-state index in [0.29, 0.717) is 11.9 Å². The molecule has 0 spiro atoms. The van der Waals surface area contributed by atoms with Crippen molar-refractivity contribution in [3.05, 3.63) is 30.5 Å². The van der Waals surface area contributed by atoms with E-state index in [1.807, 2.05) is 24.7 Å². The predicted octanol–water partition coefficient (Wildman–Crippen LogP) is 1.78. The van der Waals surface area contributed by atoms with Gasteiger partial charge in [0.2, 0.25) is 0 Å². The lowest BCUT2D eigenvalue weighted by Gasteiger charge is -2.04. The van der Waals surface area contributed by atoms with Crippen LogP contribution in [0.3, 0.4) is 0 Å². The zero-order valence-corrected chi connectivity index (χ0v) is 11.0. The molecule has 7 heteroatoms. The number of anilines is 2. The number of nitrogens with zero attached hydrogens (tertiary/aromatic N) is 4. The lowest BCUT2D eigenvalue weighted by Crippen LogP contribution is -2.05. The first-order valence-electron chi connectivity index (χ1n) is 5.81. The zero-order valence-electron chi connectivity index (χ0n) is 11.0. The summed E-state index contributed by atoms with van der Waals surface area (Å²) in [6.45, 7) is 4.09. The third-order valence-corrected chi connectivity index (χ3v) is 2.45. The monoisotopic (exact) mass is 261 g/mol. The van der Waals surface area contributed by atoms with Crippen molar-refractivity contribution in [3.8, 4) is 0 Å². The molecule has 2 aromatic rings. The predicted molar refractivity (Wildman–Crippen MR) is 69.3 cm³/mol. The van der Waals surface area contributed by atoms with Gasteiger partial charge in [0.05, 0.1) is 31.4 Å². The second-order valence-electron chi connectivity index (χ2n) is 4.21. The molecule has 0 amide bonds. The van der Waals surface area contributed by atoms with Crippen molar-refractivity contribution in [1.82, 2.24) is 19.7 Å². The smallest absolute Gasteiger partial charge is 0.358 e. The third kappa shape index (κ3) is 3.06. The molecule has 0 aliphatic carbocycles. The largest absolute Gasteiger partial charge is 0.464 e. The number of hydrogen-bond acceptors (Lipinski definition) is 6. The molecule has 0 saturated heterocycles. The summed E-state index contributed by atoms with van der Waals surface area (Å²) >= 11 is 0. The molecule has 19 heavy (non-hydrogen) atoms. The Balaban J connectivity index is 2.08. The van der Waals surface area contributed by atoms with E-state index in [1.54, 1.807) is 6.20 Å². The first-order valence-corrected chi connectivity index (χ1v) is 5.81. The van der Waals surface area contributed by atoms with Crippen LogP contribution < -0.4 is 5.32 Å². The molecule has 0 unspecified atom stereocenters. The van der Waals surface area contributed by atoms with Crippen molar-refractivity contribution in [1.29, 1.82) is 0 Å². The molecule has 0 aromatic carbocycles. The summed E-state index contributed by atoms with van der Waals surface area (Å²) in [4.78, 5) is 19.2. The summed E-state index contributed by atoms with van der Waals surface area (Å²) in [5.74, 6) is 0.0302. The Morgan fingerprint density at radius 2 is 2.11 bits per heavy atom. The van der Waals surface area contributed by atoms with Crippen molar-refractivity contribution >= 4 is 17.5 Å². The van der Waals surface area contributed by atoms with E-state index >= 15 is 0 Å². The summed E-state index contributed by atoms with van der Waals surface area (Å²) in [5, 5.41) is 7.26. The van der Waals surface area contributed by atoms with Crippen LogP contribution in [0.25, 0.3) is 0 Å². The molecular weight excluding hydrogens is 246 g/mol. The van der Waals surface area contributed by atoms with Gasteiger partial charge in [-0.2, -0.15) is 5.10 Å². The highest BCUT2D eigenvalue weighted by molar-refractivity contribution is 5.86. The molecule has 0 saturated carbocycles. The number of esters is 1. The van der Waals surface area contributed by atoms with Crippen molar-refractivity contribution in [3.63, 3.8) is 0 Å². The van der Waals surface area contributed by atoms with E-state index in [9.17, 15) is 4.79 Å². The summed E-state index contributed by atoms with van der Waals surface area (Å²) in [5.41, 5.74) is 0.986. The SMILES string of the molecule is COC(=O)c1cnc(Nc2cnn(C(C)C)c2)cn1. The van der Waals surface area contributed by atoms with Crippen molar-refractivity contribution in [2.45, 2.75) is 19.9 Å². The number of rotatable bonds is 4. The highest BCUT2D eigenvalue weighted by Gasteiger charge is 2.08. The minimum atomic E-state index is -0.508. The number of carbonyl (C=O) groups excluding carboxylic acids is 1. The molecule has 0 aliphatic heterocycles. The normalized spacial score (nSPS) is 10.5. The van der Waals surface area contributed by atoms with Crippen molar-refractivity contribution < 1.29 is 9.53 Å². The van der Waals surface area contributed by atoms with E-state index in [2.05, 4.69) is 25.1 Å². The van der Waals surface area contributed by atoms with E-state index < -0.39 is 5.97 Å². The molecule has 100 valence electrons. The van der Waals surface area contributed by atoms with Gasteiger partial charge in [0.25, 0.3) is 0 Å². The van der Waals surface area contributed by atoms with E-state index in [0.717, 1.165) is 5.69 Å². The molecule has 0 atom stereocenters. The fraction of sp³-hybridized carbons (Fsp3) is 0.333. The number of aromatic nitrogens is 4. The Labute approximate surface area is 110 Å². The van der Waals surface area contributed by atoms with Crippen LogP contribution in [0.5, 0.6) is 0 Å². The van der Waals surface area contributed by atoms with Crippen molar-refractivity contribution in [2.24, 2.45) is 0 Å². The van der Waals surface area contributed by atoms with Gasteiger partial charge in [0.15, 0.2) is 5.69 Å². The van der Waals surface area contributed by atoms with Crippen LogP contribution in [-0.2, 0) is 4.74 Å². The summed E-state index contributed by atoms with van der Waals surface area (Å²) < 4.78 is 6.38. The van der Waals surface area contributed by atoms with Crippen LogP contribution in [0.4, 0.5) is 11.5 Å². The molecule has 0 bridgehead atoms. The fourth-order valence-electron chi connectivity index (χ4n) is 1.44. The van der Waals surface area contributed by atoms with Gasteiger partial charge in [-0.3, -0.25) is 4.68 Å². The second kappa shape index (κ2) is 5.47. The number of ether oxygens (including phenoxy) is 1. The minimum absolute atomic E-state index is 0.172. The minimum Gasteiger partial charge on any atom is -0.464 e. The highest BCUT2D eigenvalue weighted by atomic mass is 16.5. The molecule has 7 nitrogen and oxygen atoms in total. The molecule has 0 fully saturated rings. The summed E-state index contributed by atoms with van der Waals surface area (Å²) in [6.07, 6.45) is 6.41. The number of methoxy groups -OCH3 is 1. The first-order chi connectivity index (χ1) is 9.10. The number of carbonyl (C=O) groups is 1. The Bertz CT molecular complexity index is 562.